The lowest BCUT2D eigenvalue weighted by molar-refractivity contribution is 0.0997. The maximum atomic E-state index is 12.7. The van der Waals surface area contributed by atoms with E-state index in [1.54, 1.807) is 26.8 Å². The first-order chi connectivity index (χ1) is 16.0. The van der Waals surface area contributed by atoms with E-state index in [9.17, 15) is 18.0 Å². The lowest BCUT2D eigenvalue weighted by atomic mass is 10.1. The lowest BCUT2D eigenvalue weighted by Crippen LogP contribution is -2.16. The summed E-state index contributed by atoms with van der Waals surface area (Å²) in [6, 6.07) is 11.8. The number of nitrogens with zero attached hydrogens (tertiary/aromatic N) is 2. The lowest BCUT2D eigenvalue weighted by Gasteiger charge is -2.10. The second-order valence-corrected chi connectivity index (χ2v) is 9.64. The third kappa shape index (κ3) is 4.81. The van der Waals surface area contributed by atoms with E-state index in [0.717, 1.165) is 17.2 Å². The number of rotatable bonds is 5. The number of benzene rings is 2. The van der Waals surface area contributed by atoms with E-state index < -0.39 is 15.9 Å². The highest BCUT2D eigenvalue weighted by Gasteiger charge is 2.17. The fourth-order valence-electron chi connectivity index (χ4n) is 3.60. The molecule has 2 heterocycles. The zero-order valence-corrected chi connectivity index (χ0v) is 19.8. The predicted octanol–water partition coefficient (Wildman–Crippen LogP) is 3.87. The van der Waals surface area contributed by atoms with Crippen LogP contribution in [0.1, 0.15) is 33.2 Å². The average molecular weight is 479 g/mol. The van der Waals surface area contributed by atoms with Gasteiger partial charge in [0, 0.05) is 23.5 Å². The quantitative estimate of drug-likeness (QED) is 0.445. The van der Waals surface area contributed by atoms with E-state index in [0.29, 0.717) is 28.2 Å². The molecule has 0 atom stereocenters. The molecule has 4 rings (SSSR count). The van der Waals surface area contributed by atoms with Crippen LogP contribution in [0.25, 0.3) is 11.0 Å². The molecule has 2 aromatic heterocycles. The van der Waals surface area contributed by atoms with Crippen molar-refractivity contribution in [3.63, 3.8) is 0 Å². The Bertz CT molecular complexity index is 1570. The Labute approximate surface area is 195 Å². The van der Waals surface area contributed by atoms with Crippen molar-refractivity contribution in [1.82, 2.24) is 9.97 Å². The first-order valence-electron chi connectivity index (χ1n) is 10.3. The maximum absolute atomic E-state index is 12.7. The Hall–Kier alpha value is -4.05. The normalized spacial score (nSPS) is 11.4. The average Bonchev–Trinajstić information content (AvgIpc) is 2.73. The molecule has 0 fully saturated rings. The first kappa shape index (κ1) is 23.1. The van der Waals surface area contributed by atoms with Gasteiger partial charge in [-0.15, -0.1) is 0 Å². The van der Waals surface area contributed by atoms with Crippen LogP contribution in [0.4, 0.5) is 11.5 Å². The van der Waals surface area contributed by atoms with Gasteiger partial charge in [-0.3, -0.25) is 14.3 Å². The molecular formula is C24H22N4O5S. The molecule has 10 heteroatoms. The van der Waals surface area contributed by atoms with Gasteiger partial charge >= 0.3 is 0 Å². The summed E-state index contributed by atoms with van der Waals surface area (Å²) in [6.45, 7) is 7.09. The maximum Gasteiger partial charge on any atom is 0.291 e. The van der Waals surface area contributed by atoms with Crippen LogP contribution in [0.3, 0.4) is 0 Å². The molecule has 0 aliphatic rings. The summed E-state index contributed by atoms with van der Waals surface area (Å²) in [7, 11) is -3.90. The van der Waals surface area contributed by atoms with Crippen molar-refractivity contribution in [3.05, 3.63) is 87.2 Å². The Morgan fingerprint density at radius 1 is 0.941 bits per heavy atom. The fraction of sp³-hybridized carbons (Fsp3) is 0.167. The summed E-state index contributed by atoms with van der Waals surface area (Å²) in [5, 5.41) is 3.02. The van der Waals surface area contributed by atoms with Gasteiger partial charge < -0.3 is 9.73 Å². The molecule has 2 aromatic carbocycles. The molecule has 4 aromatic rings. The van der Waals surface area contributed by atoms with Gasteiger partial charge in [0.25, 0.3) is 15.9 Å². The van der Waals surface area contributed by atoms with Crippen LogP contribution >= 0.6 is 0 Å². The number of carbonyl (C=O) groups excluding carboxylic acids is 1. The van der Waals surface area contributed by atoms with Crippen molar-refractivity contribution in [2.45, 2.75) is 32.6 Å². The standard InChI is InChI=1S/C24H22N4O5S/c1-13-9-14(2)23-19(10-13)20(29)12-21(33-23)24(30)27-17-5-7-18(8-6-17)34(31,32)28-22-11-15(3)25-16(4)26-22/h5-12H,1-4H3,(H,27,30)(H,25,26,28). The monoisotopic (exact) mass is 478 g/mol. The first-order valence-corrected chi connectivity index (χ1v) is 11.8. The Kier molecular flexibility index (Phi) is 5.92. The highest BCUT2D eigenvalue weighted by atomic mass is 32.2. The minimum Gasteiger partial charge on any atom is -0.450 e. The smallest absolute Gasteiger partial charge is 0.291 e. The highest BCUT2D eigenvalue weighted by Crippen LogP contribution is 2.21. The molecule has 0 aliphatic carbocycles. The van der Waals surface area contributed by atoms with Crippen LogP contribution in [-0.4, -0.2) is 24.3 Å². The van der Waals surface area contributed by atoms with E-state index in [2.05, 4.69) is 20.0 Å². The van der Waals surface area contributed by atoms with Crippen molar-refractivity contribution in [2.24, 2.45) is 0 Å². The number of fused-ring (bicyclic) bond motifs is 1. The van der Waals surface area contributed by atoms with E-state index in [4.69, 9.17) is 4.42 Å². The summed E-state index contributed by atoms with van der Waals surface area (Å²) >= 11 is 0. The largest absolute Gasteiger partial charge is 0.450 e. The zero-order chi connectivity index (χ0) is 24.6. The van der Waals surface area contributed by atoms with Crippen LogP contribution in [0.2, 0.25) is 0 Å². The third-order valence-corrected chi connectivity index (χ3v) is 6.38. The van der Waals surface area contributed by atoms with Gasteiger partial charge in [-0.05, 0) is 69.2 Å². The molecule has 0 saturated heterocycles. The van der Waals surface area contributed by atoms with E-state index in [1.807, 2.05) is 13.0 Å². The summed E-state index contributed by atoms with van der Waals surface area (Å²) in [5.74, 6) is -0.155. The van der Waals surface area contributed by atoms with Crippen LogP contribution in [0, 0.1) is 27.7 Å². The fourth-order valence-corrected chi connectivity index (χ4v) is 4.59. The molecule has 0 spiro atoms. The summed E-state index contributed by atoms with van der Waals surface area (Å²) in [5.41, 5.74) is 2.67. The Balaban J connectivity index is 1.54. The SMILES string of the molecule is Cc1cc(C)c2oc(C(=O)Nc3ccc(S(=O)(=O)Nc4cc(C)nc(C)n4)cc3)cc(=O)c2c1. The molecule has 0 unspecified atom stereocenters. The van der Waals surface area contributed by atoms with Crippen LogP contribution in [-0.2, 0) is 10.0 Å². The molecule has 1 amide bonds. The Morgan fingerprint density at radius 3 is 2.32 bits per heavy atom. The predicted molar refractivity (Wildman–Crippen MR) is 129 cm³/mol. The van der Waals surface area contributed by atoms with Crippen LogP contribution < -0.4 is 15.5 Å². The van der Waals surface area contributed by atoms with Gasteiger partial charge in [-0.2, -0.15) is 0 Å². The van der Waals surface area contributed by atoms with Crippen molar-refractivity contribution >= 4 is 38.4 Å². The number of hydrogen-bond donors (Lipinski definition) is 2. The zero-order valence-electron chi connectivity index (χ0n) is 19.0. The minimum absolute atomic E-state index is 0.0114. The van der Waals surface area contributed by atoms with Gasteiger partial charge in [0.15, 0.2) is 11.2 Å². The third-order valence-electron chi connectivity index (χ3n) is 5.01. The molecular weight excluding hydrogens is 456 g/mol. The number of aryl methyl sites for hydroxylation is 4. The molecule has 174 valence electrons. The molecule has 0 bridgehead atoms. The number of anilines is 2. The van der Waals surface area contributed by atoms with Crippen LogP contribution in [0.15, 0.2) is 62.6 Å². The number of nitrogens with one attached hydrogen (secondary N) is 2. The van der Waals surface area contributed by atoms with Crippen LogP contribution in [0.5, 0.6) is 0 Å². The van der Waals surface area contributed by atoms with Gasteiger partial charge in [0.2, 0.25) is 0 Å². The topological polar surface area (TPSA) is 131 Å². The van der Waals surface area contributed by atoms with E-state index in [1.165, 1.54) is 30.3 Å². The summed E-state index contributed by atoms with van der Waals surface area (Å²) in [4.78, 5) is 33.4. The van der Waals surface area contributed by atoms with Crippen molar-refractivity contribution < 1.29 is 17.6 Å². The van der Waals surface area contributed by atoms with E-state index >= 15 is 0 Å². The molecule has 2 N–H and O–H groups in total. The molecule has 9 nitrogen and oxygen atoms in total. The van der Waals surface area contributed by atoms with Gasteiger partial charge in [0.1, 0.15) is 17.2 Å². The van der Waals surface area contributed by atoms with E-state index in [-0.39, 0.29) is 21.9 Å². The van der Waals surface area contributed by atoms with Crippen molar-refractivity contribution in [3.8, 4) is 0 Å². The molecule has 0 radical (unpaired) electrons. The summed E-state index contributed by atoms with van der Waals surface area (Å²) in [6.07, 6.45) is 0. The molecule has 34 heavy (non-hydrogen) atoms. The number of sulfonamides is 1. The summed E-state index contributed by atoms with van der Waals surface area (Å²) < 4.78 is 33.5. The number of aromatic nitrogens is 2. The molecule has 0 aliphatic heterocycles. The second-order valence-electron chi connectivity index (χ2n) is 7.96. The number of hydrogen-bond acceptors (Lipinski definition) is 7. The highest BCUT2D eigenvalue weighted by molar-refractivity contribution is 7.92. The van der Waals surface area contributed by atoms with Gasteiger partial charge in [-0.25, -0.2) is 18.4 Å². The molecule has 0 saturated carbocycles. The Morgan fingerprint density at radius 2 is 1.65 bits per heavy atom. The second kappa shape index (κ2) is 8.71. The minimum atomic E-state index is -3.90. The van der Waals surface area contributed by atoms with Crippen molar-refractivity contribution in [2.75, 3.05) is 10.0 Å². The number of amides is 1. The van der Waals surface area contributed by atoms with Crippen molar-refractivity contribution in [1.29, 1.82) is 0 Å². The van der Waals surface area contributed by atoms with Gasteiger partial charge in [-0.1, -0.05) is 6.07 Å². The number of carbonyl (C=O) groups is 1. The van der Waals surface area contributed by atoms with Gasteiger partial charge in [0.05, 0.1) is 10.3 Å².